The van der Waals surface area contributed by atoms with Crippen LogP contribution in [0.1, 0.15) is 37.8 Å². The minimum absolute atomic E-state index is 0.000360. The van der Waals surface area contributed by atoms with Gasteiger partial charge in [0.15, 0.2) is 0 Å². The molecule has 1 N–H and O–H groups in total. The highest BCUT2D eigenvalue weighted by Crippen LogP contribution is 2.15. The van der Waals surface area contributed by atoms with Crippen molar-refractivity contribution in [1.29, 1.82) is 0 Å². The molecule has 0 radical (unpaired) electrons. The van der Waals surface area contributed by atoms with Gasteiger partial charge in [0, 0.05) is 19.1 Å². The zero-order chi connectivity index (χ0) is 18.4. The van der Waals surface area contributed by atoms with E-state index >= 15 is 0 Å². The third-order valence-electron chi connectivity index (χ3n) is 4.72. The smallest absolute Gasteiger partial charge is 0.242 e. The fourth-order valence-electron chi connectivity index (χ4n) is 3.56. The van der Waals surface area contributed by atoms with E-state index in [0.29, 0.717) is 5.92 Å². The van der Waals surface area contributed by atoms with Crippen LogP contribution in [-0.4, -0.2) is 44.7 Å². The molecular weight excluding hydrogens is 326 g/mol. The Kier molecular flexibility index (Phi) is 6.39. The molecule has 0 saturated carbocycles. The van der Waals surface area contributed by atoms with Crippen LogP contribution in [0.25, 0.3) is 0 Å². The third-order valence-corrected chi connectivity index (χ3v) is 4.72. The monoisotopic (exact) mass is 355 g/mol. The van der Waals surface area contributed by atoms with E-state index in [1.54, 1.807) is 11.0 Å². The van der Waals surface area contributed by atoms with E-state index in [4.69, 9.17) is 0 Å². The van der Waals surface area contributed by atoms with Crippen LogP contribution in [0.5, 0.6) is 0 Å². The van der Waals surface area contributed by atoms with Crippen LogP contribution >= 0.6 is 0 Å². The Hall–Kier alpha value is -2.21. The number of carbonyl (C=O) groups excluding carboxylic acids is 1. The van der Waals surface area contributed by atoms with Gasteiger partial charge in [0.25, 0.3) is 0 Å². The van der Waals surface area contributed by atoms with Crippen molar-refractivity contribution < 1.29 is 4.79 Å². The molecule has 6 nitrogen and oxygen atoms in total. The maximum absolute atomic E-state index is 12.2. The van der Waals surface area contributed by atoms with E-state index in [2.05, 4.69) is 58.4 Å². The van der Waals surface area contributed by atoms with E-state index in [-0.39, 0.29) is 18.5 Å². The van der Waals surface area contributed by atoms with Gasteiger partial charge in [0.2, 0.25) is 5.91 Å². The molecule has 1 aromatic heterocycles. The Bertz CT molecular complexity index is 681. The summed E-state index contributed by atoms with van der Waals surface area (Å²) in [5.41, 5.74) is 2.74. The SMILES string of the molecule is CC(C)Cc1ccc(CN2CCCC(NC(=O)Cn3cncn3)C2)cc1. The van der Waals surface area contributed by atoms with Crippen LogP contribution in [0, 0.1) is 5.92 Å². The summed E-state index contributed by atoms with van der Waals surface area (Å²) >= 11 is 0. The van der Waals surface area contributed by atoms with Crippen molar-refractivity contribution in [3.63, 3.8) is 0 Å². The lowest BCUT2D eigenvalue weighted by Crippen LogP contribution is -2.48. The molecule has 2 heterocycles. The highest BCUT2D eigenvalue weighted by atomic mass is 16.2. The number of benzene rings is 1. The first-order valence-corrected chi connectivity index (χ1v) is 9.50. The zero-order valence-electron chi connectivity index (χ0n) is 15.8. The Labute approximate surface area is 155 Å². The van der Waals surface area contributed by atoms with Crippen LogP contribution in [0.4, 0.5) is 0 Å². The van der Waals surface area contributed by atoms with Gasteiger partial charge in [-0.1, -0.05) is 38.1 Å². The molecule has 26 heavy (non-hydrogen) atoms. The van der Waals surface area contributed by atoms with E-state index in [0.717, 1.165) is 38.9 Å². The van der Waals surface area contributed by atoms with Gasteiger partial charge in [-0.2, -0.15) is 5.10 Å². The number of rotatable bonds is 7. The quantitative estimate of drug-likeness (QED) is 0.827. The van der Waals surface area contributed by atoms with E-state index in [9.17, 15) is 4.79 Å². The second-order valence-corrected chi connectivity index (χ2v) is 7.65. The minimum Gasteiger partial charge on any atom is -0.350 e. The molecule has 1 amide bonds. The molecular formula is C20H29N5O. The van der Waals surface area contributed by atoms with Crippen LogP contribution in [0.15, 0.2) is 36.9 Å². The van der Waals surface area contributed by atoms with Gasteiger partial charge in [0.1, 0.15) is 19.2 Å². The third kappa shape index (κ3) is 5.66. The van der Waals surface area contributed by atoms with Gasteiger partial charge >= 0.3 is 0 Å². The molecule has 1 saturated heterocycles. The first-order chi connectivity index (χ1) is 12.6. The highest BCUT2D eigenvalue weighted by Gasteiger charge is 2.21. The number of amides is 1. The van der Waals surface area contributed by atoms with E-state index in [1.807, 2.05) is 0 Å². The first-order valence-electron chi connectivity index (χ1n) is 9.50. The molecule has 1 atom stereocenters. The van der Waals surface area contributed by atoms with Crippen LogP contribution in [0.3, 0.4) is 0 Å². The van der Waals surface area contributed by atoms with Crippen molar-refractivity contribution in [2.45, 2.75) is 52.2 Å². The summed E-state index contributed by atoms with van der Waals surface area (Å²) in [5, 5.41) is 7.11. The Balaban J connectivity index is 1.47. The predicted molar refractivity (Wildman–Crippen MR) is 101 cm³/mol. The normalized spacial score (nSPS) is 18.2. The summed E-state index contributed by atoms with van der Waals surface area (Å²) < 4.78 is 1.55. The summed E-state index contributed by atoms with van der Waals surface area (Å²) in [6.07, 6.45) is 6.29. The summed E-state index contributed by atoms with van der Waals surface area (Å²) in [4.78, 5) is 18.4. The van der Waals surface area contributed by atoms with Gasteiger partial charge < -0.3 is 5.32 Å². The molecule has 1 aliphatic heterocycles. The fraction of sp³-hybridized carbons (Fsp3) is 0.550. The Morgan fingerprint density at radius 1 is 1.27 bits per heavy atom. The standard InChI is InChI=1S/C20H29N5O/c1-16(2)10-17-5-7-18(8-6-17)11-24-9-3-4-19(12-24)23-20(26)13-25-15-21-14-22-25/h5-8,14-16,19H,3-4,9-13H2,1-2H3,(H,23,26). The van der Waals surface area contributed by atoms with Crippen molar-refractivity contribution in [2.75, 3.05) is 13.1 Å². The lowest BCUT2D eigenvalue weighted by atomic mass is 10.0. The molecule has 1 aliphatic rings. The molecule has 1 aromatic carbocycles. The Morgan fingerprint density at radius 2 is 2.04 bits per heavy atom. The maximum Gasteiger partial charge on any atom is 0.242 e. The van der Waals surface area contributed by atoms with Gasteiger partial charge in [-0.05, 0) is 42.9 Å². The van der Waals surface area contributed by atoms with Crippen LogP contribution in [-0.2, 0) is 24.3 Å². The van der Waals surface area contributed by atoms with Crippen molar-refractivity contribution >= 4 is 5.91 Å². The lowest BCUT2D eigenvalue weighted by molar-refractivity contribution is -0.122. The fourth-order valence-corrected chi connectivity index (χ4v) is 3.56. The maximum atomic E-state index is 12.2. The van der Waals surface area contributed by atoms with Gasteiger partial charge in [-0.3, -0.25) is 9.69 Å². The zero-order valence-corrected chi connectivity index (χ0v) is 15.8. The molecule has 140 valence electrons. The van der Waals surface area contributed by atoms with Gasteiger partial charge in [-0.25, -0.2) is 9.67 Å². The number of carbonyl (C=O) groups is 1. The number of nitrogens with zero attached hydrogens (tertiary/aromatic N) is 4. The molecule has 0 spiro atoms. The molecule has 0 aliphatic carbocycles. The Morgan fingerprint density at radius 3 is 2.73 bits per heavy atom. The summed E-state index contributed by atoms with van der Waals surface area (Å²) in [7, 11) is 0. The van der Waals surface area contributed by atoms with Gasteiger partial charge in [-0.15, -0.1) is 0 Å². The number of hydrogen-bond donors (Lipinski definition) is 1. The summed E-state index contributed by atoms with van der Waals surface area (Å²) in [5.74, 6) is 0.685. The van der Waals surface area contributed by atoms with Crippen LogP contribution in [0.2, 0.25) is 0 Å². The molecule has 6 heteroatoms. The summed E-state index contributed by atoms with van der Waals surface area (Å²) in [6.45, 7) is 7.66. The van der Waals surface area contributed by atoms with Crippen molar-refractivity contribution in [1.82, 2.24) is 25.0 Å². The molecule has 2 aromatic rings. The van der Waals surface area contributed by atoms with E-state index < -0.39 is 0 Å². The number of likely N-dealkylation sites (tertiary alicyclic amines) is 1. The second kappa shape index (κ2) is 8.94. The average Bonchev–Trinajstić information content (AvgIpc) is 3.09. The molecule has 1 unspecified atom stereocenters. The highest BCUT2D eigenvalue weighted by molar-refractivity contribution is 5.75. The van der Waals surface area contributed by atoms with Crippen molar-refractivity contribution in [3.05, 3.63) is 48.0 Å². The van der Waals surface area contributed by atoms with Crippen molar-refractivity contribution in [3.8, 4) is 0 Å². The molecule has 3 rings (SSSR count). The van der Waals surface area contributed by atoms with Crippen LogP contribution < -0.4 is 5.32 Å². The second-order valence-electron chi connectivity index (χ2n) is 7.65. The minimum atomic E-state index is 0.000360. The first kappa shape index (κ1) is 18.6. The largest absolute Gasteiger partial charge is 0.350 e. The topological polar surface area (TPSA) is 63.1 Å². The lowest BCUT2D eigenvalue weighted by Gasteiger charge is -2.33. The van der Waals surface area contributed by atoms with Gasteiger partial charge in [0.05, 0.1) is 0 Å². The molecule has 1 fully saturated rings. The number of hydrogen-bond acceptors (Lipinski definition) is 4. The average molecular weight is 355 g/mol. The van der Waals surface area contributed by atoms with Crippen molar-refractivity contribution in [2.24, 2.45) is 5.92 Å². The molecule has 0 bridgehead atoms. The van der Waals surface area contributed by atoms with E-state index in [1.165, 1.54) is 17.5 Å². The number of aromatic nitrogens is 3. The number of nitrogens with one attached hydrogen (secondary N) is 1. The summed E-state index contributed by atoms with van der Waals surface area (Å²) in [6, 6.07) is 9.18. The number of piperidine rings is 1. The predicted octanol–water partition coefficient (Wildman–Crippen LogP) is 2.26.